The molecule has 2 fully saturated rings. The predicted molar refractivity (Wildman–Crippen MR) is 90.9 cm³/mol. The van der Waals surface area contributed by atoms with E-state index in [0.29, 0.717) is 23.1 Å². The Labute approximate surface area is 138 Å². The minimum Gasteiger partial charge on any atom is -0.325 e. The molecule has 1 amide bonds. The number of hydrogen-bond acceptors (Lipinski definition) is 2. The van der Waals surface area contributed by atoms with Gasteiger partial charge in [0.05, 0.1) is 6.04 Å². The van der Waals surface area contributed by atoms with E-state index in [9.17, 15) is 9.18 Å². The van der Waals surface area contributed by atoms with E-state index in [0.717, 1.165) is 13.0 Å². The summed E-state index contributed by atoms with van der Waals surface area (Å²) in [6.45, 7) is 2.70. The van der Waals surface area contributed by atoms with Gasteiger partial charge in [-0.3, -0.25) is 9.69 Å². The van der Waals surface area contributed by atoms with Crippen molar-refractivity contribution in [3.63, 3.8) is 0 Å². The molecule has 2 atom stereocenters. The monoisotopic (exact) mass is 318 g/mol. The SMILES string of the molecule is Cc1ccc(NC(=O)C2C(C3CCCCC3)CCN2C)cc1F. The van der Waals surface area contributed by atoms with Crippen molar-refractivity contribution in [2.45, 2.75) is 51.5 Å². The Morgan fingerprint density at radius 1 is 1.22 bits per heavy atom. The number of likely N-dealkylation sites (tertiary alicyclic amines) is 1. The zero-order valence-corrected chi connectivity index (χ0v) is 14.1. The van der Waals surface area contributed by atoms with Crippen LogP contribution < -0.4 is 5.32 Å². The number of halogens is 1. The highest BCUT2D eigenvalue weighted by molar-refractivity contribution is 5.95. The quantitative estimate of drug-likeness (QED) is 0.914. The van der Waals surface area contributed by atoms with Gasteiger partial charge in [-0.15, -0.1) is 0 Å². The van der Waals surface area contributed by atoms with Gasteiger partial charge in [0.2, 0.25) is 5.91 Å². The van der Waals surface area contributed by atoms with Crippen LogP contribution in [0.2, 0.25) is 0 Å². The Balaban J connectivity index is 1.71. The van der Waals surface area contributed by atoms with Gasteiger partial charge in [-0.1, -0.05) is 38.2 Å². The molecule has 1 saturated carbocycles. The molecule has 2 unspecified atom stereocenters. The summed E-state index contributed by atoms with van der Waals surface area (Å²) in [4.78, 5) is 15.0. The van der Waals surface area contributed by atoms with Gasteiger partial charge in [0.15, 0.2) is 0 Å². The highest BCUT2D eigenvalue weighted by atomic mass is 19.1. The summed E-state index contributed by atoms with van der Waals surface area (Å²) >= 11 is 0. The molecular weight excluding hydrogens is 291 g/mol. The lowest BCUT2D eigenvalue weighted by Crippen LogP contribution is -2.43. The third kappa shape index (κ3) is 3.57. The second kappa shape index (κ2) is 7.00. The summed E-state index contributed by atoms with van der Waals surface area (Å²) in [5.41, 5.74) is 1.15. The maximum atomic E-state index is 13.7. The molecule has 1 aliphatic heterocycles. The van der Waals surface area contributed by atoms with Crippen LogP contribution >= 0.6 is 0 Å². The summed E-state index contributed by atoms with van der Waals surface area (Å²) < 4.78 is 13.7. The largest absolute Gasteiger partial charge is 0.325 e. The molecule has 0 spiro atoms. The first kappa shape index (κ1) is 16.4. The Kier molecular flexibility index (Phi) is 5.00. The highest BCUT2D eigenvalue weighted by Crippen LogP contribution is 2.38. The molecule has 1 heterocycles. The van der Waals surface area contributed by atoms with Gasteiger partial charge in [0, 0.05) is 5.69 Å². The molecule has 4 heteroatoms. The van der Waals surface area contributed by atoms with E-state index in [1.807, 2.05) is 7.05 Å². The van der Waals surface area contributed by atoms with Crippen molar-refractivity contribution in [3.8, 4) is 0 Å². The van der Waals surface area contributed by atoms with Gasteiger partial charge in [-0.05, 0) is 56.5 Å². The van der Waals surface area contributed by atoms with Crippen LogP contribution in [0.25, 0.3) is 0 Å². The Morgan fingerprint density at radius 3 is 2.65 bits per heavy atom. The topological polar surface area (TPSA) is 32.3 Å². The number of carbonyl (C=O) groups is 1. The number of benzene rings is 1. The molecule has 1 N–H and O–H groups in total. The molecule has 126 valence electrons. The van der Waals surface area contributed by atoms with Gasteiger partial charge in [0.1, 0.15) is 5.82 Å². The van der Waals surface area contributed by atoms with Crippen LogP contribution in [0, 0.1) is 24.6 Å². The number of nitrogens with zero attached hydrogens (tertiary/aromatic N) is 1. The normalized spacial score (nSPS) is 26.4. The molecule has 1 saturated heterocycles. The summed E-state index contributed by atoms with van der Waals surface area (Å²) in [6, 6.07) is 4.82. The zero-order chi connectivity index (χ0) is 16.4. The van der Waals surface area contributed by atoms with Crippen molar-refractivity contribution in [2.24, 2.45) is 11.8 Å². The summed E-state index contributed by atoms with van der Waals surface area (Å²) in [7, 11) is 2.03. The van der Waals surface area contributed by atoms with Crippen molar-refractivity contribution in [3.05, 3.63) is 29.6 Å². The van der Waals surface area contributed by atoms with Crippen molar-refractivity contribution in [1.29, 1.82) is 0 Å². The van der Waals surface area contributed by atoms with Gasteiger partial charge < -0.3 is 5.32 Å². The Morgan fingerprint density at radius 2 is 1.96 bits per heavy atom. The number of hydrogen-bond donors (Lipinski definition) is 1. The second-order valence-corrected chi connectivity index (χ2v) is 7.23. The van der Waals surface area contributed by atoms with E-state index in [4.69, 9.17) is 0 Å². The first-order valence-electron chi connectivity index (χ1n) is 8.83. The fourth-order valence-corrected chi connectivity index (χ4v) is 4.31. The molecule has 1 aromatic carbocycles. The Bertz CT molecular complexity index is 568. The van der Waals surface area contributed by atoms with Crippen LogP contribution in [0.3, 0.4) is 0 Å². The van der Waals surface area contributed by atoms with Crippen LogP contribution in [0.1, 0.15) is 44.1 Å². The average Bonchev–Trinajstić information content (AvgIpc) is 2.93. The van der Waals surface area contributed by atoms with Gasteiger partial charge in [0.25, 0.3) is 0 Å². The van der Waals surface area contributed by atoms with E-state index in [-0.39, 0.29) is 17.8 Å². The summed E-state index contributed by atoms with van der Waals surface area (Å²) in [5, 5.41) is 2.93. The maximum Gasteiger partial charge on any atom is 0.242 e. The minimum absolute atomic E-state index is 0.0174. The smallest absolute Gasteiger partial charge is 0.242 e. The third-order valence-corrected chi connectivity index (χ3v) is 5.66. The fraction of sp³-hybridized carbons (Fsp3) is 0.632. The number of carbonyl (C=O) groups excluding carboxylic acids is 1. The van der Waals surface area contributed by atoms with Crippen LogP contribution in [0.5, 0.6) is 0 Å². The standard InChI is InChI=1S/C19H27FN2O/c1-13-8-9-15(12-17(13)20)21-19(23)18-16(10-11-22(18)2)14-6-4-3-5-7-14/h8-9,12,14,16,18H,3-7,10-11H2,1-2H3,(H,21,23). The third-order valence-electron chi connectivity index (χ3n) is 5.66. The number of aryl methyl sites for hydroxylation is 1. The number of rotatable bonds is 3. The predicted octanol–water partition coefficient (Wildman–Crippen LogP) is 3.97. The Hall–Kier alpha value is -1.42. The van der Waals surface area contributed by atoms with E-state index >= 15 is 0 Å². The van der Waals surface area contributed by atoms with Crippen molar-refractivity contribution < 1.29 is 9.18 Å². The molecule has 1 aliphatic carbocycles. The zero-order valence-electron chi connectivity index (χ0n) is 14.1. The molecule has 2 aliphatic rings. The first-order valence-corrected chi connectivity index (χ1v) is 8.83. The number of likely N-dealkylation sites (N-methyl/N-ethyl adjacent to an activating group) is 1. The number of anilines is 1. The van der Waals surface area contributed by atoms with E-state index in [1.54, 1.807) is 19.1 Å². The van der Waals surface area contributed by atoms with Crippen molar-refractivity contribution >= 4 is 11.6 Å². The summed E-state index contributed by atoms with van der Waals surface area (Å²) in [5.74, 6) is 0.852. The average molecular weight is 318 g/mol. The molecule has 3 nitrogen and oxygen atoms in total. The second-order valence-electron chi connectivity index (χ2n) is 7.23. The molecule has 23 heavy (non-hydrogen) atoms. The maximum absolute atomic E-state index is 13.7. The first-order chi connectivity index (χ1) is 11.1. The molecule has 0 bridgehead atoms. The molecule has 0 aromatic heterocycles. The fourth-order valence-electron chi connectivity index (χ4n) is 4.31. The lowest BCUT2D eigenvalue weighted by Gasteiger charge is -2.32. The van der Waals surface area contributed by atoms with Crippen LogP contribution in [-0.2, 0) is 4.79 Å². The van der Waals surface area contributed by atoms with E-state index in [1.165, 1.54) is 38.2 Å². The van der Waals surface area contributed by atoms with Gasteiger partial charge in [-0.2, -0.15) is 0 Å². The molecule has 3 rings (SSSR count). The number of amides is 1. The lowest BCUT2D eigenvalue weighted by molar-refractivity contribution is -0.121. The van der Waals surface area contributed by atoms with Gasteiger partial charge in [-0.25, -0.2) is 4.39 Å². The van der Waals surface area contributed by atoms with Crippen molar-refractivity contribution in [1.82, 2.24) is 4.90 Å². The van der Waals surface area contributed by atoms with Gasteiger partial charge >= 0.3 is 0 Å². The summed E-state index contributed by atoms with van der Waals surface area (Å²) in [6.07, 6.45) is 7.52. The minimum atomic E-state index is -0.272. The molecular formula is C19H27FN2O. The van der Waals surface area contributed by atoms with E-state index < -0.39 is 0 Å². The highest BCUT2D eigenvalue weighted by Gasteiger charge is 2.41. The molecule has 0 radical (unpaired) electrons. The van der Waals surface area contributed by atoms with Crippen molar-refractivity contribution in [2.75, 3.05) is 18.9 Å². The lowest BCUT2D eigenvalue weighted by atomic mass is 9.76. The van der Waals surface area contributed by atoms with Crippen LogP contribution in [0.4, 0.5) is 10.1 Å². The van der Waals surface area contributed by atoms with Crippen LogP contribution in [0.15, 0.2) is 18.2 Å². The number of nitrogens with one attached hydrogen (secondary N) is 1. The molecule has 1 aromatic rings. The van der Waals surface area contributed by atoms with E-state index in [2.05, 4.69) is 10.2 Å². The van der Waals surface area contributed by atoms with Crippen LogP contribution in [-0.4, -0.2) is 30.4 Å².